The van der Waals surface area contributed by atoms with Crippen molar-refractivity contribution < 1.29 is 84.0 Å². The lowest BCUT2D eigenvalue weighted by Crippen LogP contribution is -2.72. The molecular formula is C55H90N2O17. The van der Waals surface area contributed by atoms with Crippen LogP contribution in [0.1, 0.15) is 138 Å². The molecule has 12 N–H and O–H groups in total. The van der Waals surface area contributed by atoms with Crippen LogP contribution in [0.3, 0.4) is 0 Å². The third-order valence-electron chi connectivity index (χ3n) is 21.8. The van der Waals surface area contributed by atoms with E-state index >= 15 is 4.79 Å². The number of carbonyl (C=O) groups is 2. The number of hydrogen-bond donors (Lipinski definition) is 11. The summed E-state index contributed by atoms with van der Waals surface area (Å²) >= 11 is 0. The van der Waals surface area contributed by atoms with Crippen LogP contribution < -0.4 is 11.1 Å². The second kappa shape index (κ2) is 20.6. The van der Waals surface area contributed by atoms with Gasteiger partial charge < -0.3 is 85.4 Å². The number of fused-ring (bicyclic) bond motifs is 5. The van der Waals surface area contributed by atoms with E-state index in [1.54, 1.807) is 6.92 Å². The molecule has 24 atom stereocenters. The second-order valence-electron chi connectivity index (χ2n) is 26.3. The average molecular weight is 1050 g/mol. The van der Waals surface area contributed by atoms with Crippen LogP contribution in [-0.2, 0) is 38.0 Å². The lowest BCUT2D eigenvalue weighted by molar-refractivity contribution is -0.365. The average Bonchev–Trinajstić information content (AvgIpc) is 3.50. The van der Waals surface area contributed by atoms with E-state index in [9.17, 15) is 50.8 Å². The topological polar surface area (TPSA) is 310 Å². The van der Waals surface area contributed by atoms with E-state index < -0.39 is 128 Å². The highest BCUT2D eigenvalue weighted by Crippen LogP contribution is 2.87. The number of nitrogens with one attached hydrogen (secondary N) is 1. The van der Waals surface area contributed by atoms with Crippen LogP contribution in [0.4, 0.5) is 0 Å². The molecule has 3 heterocycles. The third-order valence-corrected chi connectivity index (χ3v) is 21.8. The number of nitrogens with two attached hydrogens (primary N) is 1. The maximum absolute atomic E-state index is 15.7. The molecule has 3 saturated heterocycles. The molecule has 24 unspecified atom stereocenters. The first-order valence-electron chi connectivity index (χ1n) is 27.9. The van der Waals surface area contributed by atoms with Gasteiger partial charge in [-0.1, -0.05) is 59.6 Å². The summed E-state index contributed by atoms with van der Waals surface area (Å²) in [4.78, 5) is 29.1. The standard InChI is InChI=1S/C55H90N2O17/c1-28-43(72-46-42(67)40(65)32(61)26-69-46)39(64)29(24-58)45(70-28)73-44-41(66)38(57-37(63)11-9-8-10-20-56)33(25-59)71-47(44)74-48(68)54-18-16-49(2,3)21-31(54)30-22-50(4)23-35-51(5)14-13-36(62)52(6,27-60)34(51)12-15-55(35,50)53(30,7)17-19-54/h22,28-29,31-36,38-47,58-62,64-67H,8-21,23-27,56H2,1-7H3,(H,57,63). The quantitative estimate of drug-likeness (QED) is 0.0632. The summed E-state index contributed by atoms with van der Waals surface area (Å²) in [7, 11) is 0. The molecule has 1 spiro atoms. The van der Waals surface area contributed by atoms with Gasteiger partial charge in [0.25, 0.3) is 0 Å². The molecule has 19 heteroatoms. The van der Waals surface area contributed by atoms with E-state index in [1.807, 2.05) is 0 Å². The number of carbonyl (C=O) groups excluding carboxylic acids is 2. The highest BCUT2D eigenvalue weighted by molar-refractivity contribution is 5.79. The zero-order chi connectivity index (χ0) is 53.7. The van der Waals surface area contributed by atoms with E-state index in [2.05, 4.69) is 52.9 Å². The van der Waals surface area contributed by atoms with Crippen LogP contribution in [0, 0.1) is 61.6 Å². The molecule has 0 bridgehead atoms. The number of ether oxygens (including phenoxy) is 6. The molecule has 5 saturated carbocycles. The molecule has 74 heavy (non-hydrogen) atoms. The molecule has 19 nitrogen and oxygen atoms in total. The number of hydrogen-bond acceptors (Lipinski definition) is 18. The minimum absolute atomic E-state index is 0.0563. The maximum Gasteiger partial charge on any atom is 0.315 e. The Bertz CT molecular complexity index is 2080. The van der Waals surface area contributed by atoms with E-state index in [1.165, 1.54) is 5.57 Å². The second-order valence-corrected chi connectivity index (χ2v) is 26.3. The van der Waals surface area contributed by atoms with E-state index in [-0.39, 0.29) is 58.5 Å². The number of aliphatic hydroxyl groups excluding tert-OH is 9. The molecule has 0 radical (unpaired) electrons. The predicted molar refractivity (Wildman–Crippen MR) is 265 cm³/mol. The van der Waals surface area contributed by atoms with Gasteiger partial charge in [-0.05, 0) is 135 Å². The Labute approximate surface area is 436 Å². The first kappa shape index (κ1) is 56.8. The Hall–Kier alpha value is -1.92. The molecule has 0 aromatic rings. The number of esters is 1. The molecule has 6 aliphatic carbocycles. The van der Waals surface area contributed by atoms with Crippen molar-refractivity contribution >= 4 is 11.9 Å². The lowest BCUT2D eigenvalue weighted by Gasteiger charge is -2.77. The van der Waals surface area contributed by atoms with Crippen molar-refractivity contribution in [2.45, 2.75) is 224 Å². The van der Waals surface area contributed by atoms with Crippen molar-refractivity contribution in [3.63, 3.8) is 0 Å². The van der Waals surface area contributed by atoms with E-state index in [4.69, 9.17) is 34.2 Å². The molecule has 9 aliphatic rings. The van der Waals surface area contributed by atoms with Gasteiger partial charge >= 0.3 is 5.97 Å². The maximum atomic E-state index is 15.7. The first-order chi connectivity index (χ1) is 34.9. The van der Waals surface area contributed by atoms with Crippen molar-refractivity contribution in [2.24, 2.45) is 67.3 Å². The zero-order valence-corrected chi connectivity index (χ0v) is 44.8. The van der Waals surface area contributed by atoms with E-state index in [0.717, 1.165) is 51.4 Å². The smallest absolute Gasteiger partial charge is 0.315 e. The number of allylic oxidation sites excluding steroid dienone is 2. The molecular weight excluding hydrogens is 961 g/mol. The van der Waals surface area contributed by atoms with Gasteiger partial charge in [-0.2, -0.15) is 0 Å². The summed E-state index contributed by atoms with van der Waals surface area (Å²) in [6, 6.07) is -1.26. The van der Waals surface area contributed by atoms with Crippen LogP contribution in [0.15, 0.2) is 11.6 Å². The van der Waals surface area contributed by atoms with E-state index in [0.29, 0.717) is 44.6 Å². The van der Waals surface area contributed by atoms with Gasteiger partial charge in [-0.3, -0.25) is 9.59 Å². The van der Waals surface area contributed by atoms with Crippen molar-refractivity contribution in [3.05, 3.63) is 11.6 Å². The van der Waals surface area contributed by atoms with Gasteiger partial charge in [0.05, 0.1) is 62.1 Å². The van der Waals surface area contributed by atoms with Crippen molar-refractivity contribution in [3.8, 4) is 0 Å². The highest BCUT2D eigenvalue weighted by atomic mass is 16.8. The largest absolute Gasteiger partial charge is 0.432 e. The van der Waals surface area contributed by atoms with Gasteiger partial charge in [0, 0.05) is 11.8 Å². The minimum atomic E-state index is -1.68. The summed E-state index contributed by atoms with van der Waals surface area (Å²) in [5, 5.41) is 102. The summed E-state index contributed by atoms with van der Waals surface area (Å²) in [5.74, 6) is -1.89. The molecule has 0 aromatic carbocycles. The van der Waals surface area contributed by atoms with Crippen LogP contribution in [0.2, 0.25) is 0 Å². The first-order valence-corrected chi connectivity index (χ1v) is 27.9. The summed E-state index contributed by atoms with van der Waals surface area (Å²) in [6.07, 6.45) is -5.93. The Balaban J connectivity index is 1.01. The monoisotopic (exact) mass is 1050 g/mol. The Morgan fingerprint density at radius 2 is 1.47 bits per heavy atom. The molecule has 422 valence electrons. The fourth-order valence-corrected chi connectivity index (χ4v) is 17.5. The lowest BCUT2D eigenvalue weighted by atomic mass is 9.27. The van der Waals surface area contributed by atoms with Gasteiger partial charge in [-0.25, -0.2) is 0 Å². The number of rotatable bonds is 15. The normalized spacial score (nSPS) is 51.4. The van der Waals surface area contributed by atoms with Crippen molar-refractivity contribution in [2.75, 3.05) is 33.0 Å². The fraction of sp³-hybridized carbons (Fsp3) is 0.927. The van der Waals surface area contributed by atoms with Crippen LogP contribution in [0.25, 0.3) is 0 Å². The Kier molecular flexibility index (Phi) is 15.8. The summed E-state index contributed by atoms with van der Waals surface area (Å²) in [5.41, 5.74) is 4.75. The highest BCUT2D eigenvalue weighted by Gasteiger charge is 2.81. The Morgan fingerprint density at radius 3 is 2.16 bits per heavy atom. The van der Waals surface area contributed by atoms with Crippen LogP contribution in [-0.4, -0.2) is 177 Å². The third kappa shape index (κ3) is 8.79. The van der Waals surface area contributed by atoms with Gasteiger partial charge in [0.1, 0.15) is 36.6 Å². The summed E-state index contributed by atoms with van der Waals surface area (Å²) < 4.78 is 37.2. The zero-order valence-electron chi connectivity index (χ0n) is 44.8. The molecule has 8 fully saturated rings. The van der Waals surface area contributed by atoms with Crippen LogP contribution >= 0.6 is 0 Å². The molecule has 0 aromatic heterocycles. The van der Waals surface area contributed by atoms with Crippen molar-refractivity contribution in [1.82, 2.24) is 5.32 Å². The Morgan fingerprint density at radius 1 is 0.757 bits per heavy atom. The summed E-state index contributed by atoms with van der Waals surface area (Å²) in [6.45, 7) is 14.0. The molecule has 9 rings (SSSR count). The van der Waals surface area contributed by atoms with Crippen LogP contribution in [0.5, 0.6) is 0 Å². The number of aliphatic hydroxyl groups is 9. The minimum Gasteiger partial charge on any atom is -0.432 e. The van der Waals surface area contributed by atoms with Gasteiger partial charge in [0.2, 0.25) is 12.2 Å². The number of amides is 1. The fourth-order valence-electron chi connectivity index (χ4n) is 17.5. The molecule has 3 aliphatic heterocycles. The SMILES string of the molecule is CC1OC(OC2C(OC(=O)C34CCC(C)(C)CC3C3=CC5(C)CC6C7(C)CCC(O)C(C)(CO)C7CCC65C3(C)CC4)OC(CO)C(NC(=O)CCCCCN)C2O)C(CO)C(O)C1OC1OCC(O)C(O)C1O. The molecule has 1 amide bonds. The number of unbranched alkanes of at least 4 members (excludes halogenated alkanes) is 2. The predicted octanol–water partition coefficient (Wildman–Crippen LogP) is 1.67. The van der Waals surface area contributed by atoms with Crippen molar-refractivity contribution in [1.29, 1.82) is 0 Å². The van der Waals surface area contributed by atoms with Gasteiger partial charge in [-0.15, -0.1) is 0 Å². The van der Waals surface area contributed by atoms with Gasteiger partial charge in [0.15, 0.2) is 18.7 Å².